The van der Waals surface area contributed by atoms with E-state index in [1.165, 1.54) is 4.40 Å². The molecule has 2 rings (SSSR count). The molecule has 1 unspecified atom stereocenters. The Morgan fingerprint density at radius 2 is 2.19 bits per heavy atom. The topological polar surface area (TPSA) is 88.6 Å². The number of hydrogen-bond donors (Lipinski definition) is 2. The van der Waals surface area contributed by atoms with Crippen molar-refractivity contribution >= 4 is 11.6 Å². The highest BCUT2D eigenvalue weighted by Crippen LogP contribution is 2.03. The molecule has 0 saturated carbocycles. The fourth-order valence-corrected chi connectivity index (χ4v) is 2.12. The molecule has 0 bridgehead atoms. The standard InChI is InChI=1S/C14H20N4O3/c1-10(2)7-11(19)8-15-13(20)9-18-14(21)17-6-4-3-5-12(17)16-18/h3-6,10-11,19H,7-9H2,1-2H3,(H,15,20). The van der Waals surface area contributed by atoms with Gasteiger partial charge in [0.15, 0.2) is 5.65 Å². The first-order chi connectivity index (χ1) is 9.97. The molecule has 0 aromatic carbocycles. The zero-order chi connectivity index (χ0) is 15.4. The van der Waals surface area contributed by atoms with E-state index in [0.717, 1.165) is 4.68 Å². The van der Waals surface area contributed by atoms with E-state index >= 15 is 0 Å². The van der Waals surface area contributed by atoms with Crippen molar-refractivity contribution in [3.05, 3.63) is 34.9 Å². The van der Waals surface area contributed by atoms with Gasteiger partial charge in [-0.05, 0) is 24.5 Å². The van der Waals surface area contributed by atoms with E-state index in [2.05, 4.69) is 10.4 Å². The van der Waals surface area contributed by atoms with Crippen LogP contribution in [0.4, 0.5) is 0 Å². The van der Waals surface area contributed by atoms with E-state index in [-0.39, 0.29) is 24.7 Å². The maximum atomic E-state index is 12.0. The zero-order valence-corrected chi connectivity index (χ0v) is 12.2. The van der Waals surface area contributed by atoms with E-state index in [9.17, 15) is 14.7 Å². The molecule has 2 heterocycles. The maximum Gasteiger partial charge on any atom is 0.350 e. The van der Waals surface area contributed by atoms with Crippen LogP contribution in [-0.4, -0.2) is 37.8 Å². The van der Waals surface area contributed by atoms with Gasteiger partial charge in [0.1, 0.15) is 6.54 Å². The summed E-state index contributed by atoms with van der Waals surface area (Å²) in [7, 11) is 0. The number of fused-ring (bicyclic) bond motifs is 1. The lowest BCUT2D eigenvalue weighted by Crippen LogP contribution is -2.37. The summed E-state index contributed by atoms with van der Waals surface area (Å²) in [4.78, 5) is 23.8. The Balaban J connectivity index is 1.96. The number of aliphatic hydroxyl groups excluding tert-OH is 1. The third-order valence-electron chi connectivity index (χ3n) is 3.06. The number of amides is 1. The first kappa shape index (κ1) is 15.2. The van der Waals surface area contributed by atoms with E-state index in [1.807, 2.05) is 13.8 Å². The molecule has 7 nitrogen and oxygen atoms in total. The second-order valence-electron chi connectivity index (χ2n) is 5.46. The van der Waals surface area contributed by atoms with Crippen LogP contribution in [0.2, 0.25) is 0 Å². The van der Waals surface area contributed by atoms with Crippen LogP contribution < -0.4 is 11.0 Å². The lowest BCUT2D eigenvalue weighted by Gasteiger charge is -2.13. The number of carbonyl (C=O) groups excluding carboxylic acids is 1. The summed E-state index contributed by atoms with van der Waals surface area (Å²) in [6.07, 6.45) is 1.65. The van der Waals surface area contributed by atoms with Crippen molar-refractivity contribution in [3.8, 4) is 0 Å². The van der Waals surface area contributed by atoms with Crippen molar-refractivity contribution in [2.24, 2.45) is 5.92 Å². The van der Waals surface area contributed by atoms with Crippen LogP contribution in [0.3, 0.4) is 0 Å². The van der Waals surface area contributed by atoms with Crippen LogP contribution in [0.5, 0.6) is 0 Å². The summed E-state index contributed by atoms with van der Waals surface area (Å²) in [5, 5.41) is 16.4. The third-order valence-corrected chi connectivity index (χ3v) is 3.06. The lowest BCUT2D eigenvalue weighted by atomic mass is 10.1. The smallest absolute Gasteiger partial charge is 0.350 e. The first-order valence-electron chi connectivity index (χ1n) is 6.96. The Kier molecular flexibility index (Phi) is 4.74. The Hall–Kier alpha value is -2.15. The molecule has 114 valence electrons. The minimum absolute atomic E-state index is 0.158. The van der Waals surface area contributed by atoms with Gasteiger partial charge in [0, 0.05) is 12.7 Å². The minimum Gasteiger partial charge on any atom is -0.391 e. The van der Waals surface area contributed by atoms with Gasteiger partial charge in [0.2, 0.25) is 5.91 Å². The summed E-state index contributed by atoms with van der Waals surface area (Å²) in [5.41, 5.74) is 0.138. The highest BCUT2D eigenvalue weighted by Gasteiger charge is 2.12. The number of carbonyl (C=O) groups is 1. The summed E-state index contributed by atoms with van der Waals surface area (Å²) < 4.78 is 2.49. The molecule has 0 saturated heterocycles. The van der Waals surface area contributed by atoms with Crippen LogP contribution in [0.25, 0.3) is 5.65 Å². The highest BCUT2D eigenvalue weighted by atomic mass is 16.3. The Labute approximate surface area is 122 Å². The SMILES string of the molecule is CC(C)CC(O)CNC(=O)Cn1nc2ccccn2c1=O. The molecule has 2 aromatic heterocycles. The summed E-state index contributed by atoms with van der Waals surface area (Å²) >= 11 is 0. The molecule has 21 heavy (non-hydrogen) atoms. The quantitative estimate of drug-likeness (QED) is 0.785. The largest absolute Gasteiger partial charge is 0.391 e. The van der Waals surface area contributed by atoms with Crippen molar-refractivity contribution in [2.45, 2.75) is 32.9 Å². The molecular formula is C14H20N4O3. The molecule has 0 fully saturated rings. The average molecular weight is 292 g/mol. The number of rotatable bonds is 6. The second-order valence-corrected chi connectivity index (χ2v) is 5.46. The molecule has 0 spiro atoms. The summed E-state index contributed by atoms with van der Waals surface area (Å²) in [6, 6.07) is 5.19. The van der Waals surface area contributed by atoms with E-state index in [1.54, 1.807) is 24.4 Å². The van der Waals surface area contributed by atoms with Crippen molar-refractivity contribution in [3.63, 3.8) is 0 Å². The van der Waals surface area contributed by atoms with Crippen molar-refractivity contribution in [2.75, 3.05) is 6.54 Å². The number of aromatic nitrogens is 3. The van der Waals surface area contributed by atoms with E-state index in [4.69, 9.17) is 0 Å². The lowest BCUT2D eigenvalue weighted by molar-refractivity contribution is -0.122. The van der Waals surface area contributed by atoms with Gasteiger partial charge in [-0.25, -0.2) is 9.48 Å². The van der Waals surface area contributed by atoms with Gasteiger partial charge in [-0.2, -0.15) is 0 Å². The predicted octanol–water partition coefficient (Wildman–Crippen LogP) is 0.0192. The van der Waals surface area contributed by atoms with Crippen molar-refractivity contribution in [1.82, 2.24) is 19.5 Å². The Bertz CT molecular complexity index is 674. The van der Waals surface area contributed by atoms with Crippen LogP contribution in [0, 0.1) is 5.92 Å². The molecule has 1 amide bonds. The van der Waals surface area contributed by atoms with Gasteiger partial charge in [-0.1, -0.05) is 19.9 Å². The third kappa shape index (κ3) is 3.91. The molecule has 0 aliphatic carbocycles. The molecular weight excluding hydrogens is 272 g/mol. The molecule has 0 aliphatic rings. The number of hydrogen-bond acceptors (Lipinski definition) is 4. The summed E-state index contributed by atoms with van der Waals surface area (Å²) in [5.74, 6) is 0.0151. The van der Waals surface area contributed by atoms with Gasteiger partial charge >= 0.3 is 5.69 Å². The average Bonchev–Trinajstić information content (AvgIpc) is 2.73. The van der Waals surface area contributed by atoms with Gasteiger partial charge < -0.3 is 10.4 Å². The van der Waals surface area contributed by atoms with Gasteiger partial charge in [0.25, 0.3) is 0 Å². The number of nitrogens with one attached hydrogen (secondary N) is 1. The molecule has 2 N–H and O–H groups in total. The highest BCUT2D eigenvalue weighted by molar-refractivity contribution is 5.75. The number of nitrogens with zero attached hydrogens (tertiary/aromatic N) is 3. The Morgan fingerprint density at radius 3 is 2.86 bits per heavy atom. The number of pyridine rings is 1. The molecule has 7 heteroatoms. The Morgan fingerprint density at radius 1 is 1.43 bits per heavy atom. The van der Waals surface area contributed by atoms with Gasteiger partial charge in [-0.15, -0.1) is 5.10 Å². The van der Waals surface area contributed by atoms with E-state index < -0.39 is 6.10 Å². The maximum absolute atomic E-state index is 12.0. The van der Waals surface area contributed by atoms with Crippen LogP contribution in [0.15, 0.2) is 29.2 Å². The van der Waals surface area contributed by atoms with Crippen LogP contribution in [0.1, 0.15) is 20.3 Å². The normalized spacial score (nSPS) is 12.8. The molecule has 0 aliphatic heterocycles. The molecule has 0 radical (unpaired) electrons. The van der Waals surface area contributed by atoms with Crippen LogP contribution >= 0.6 is 0 Å². The van der Waals surface area contributed by atoms with E-state index in [0.29, 0.717) is 18.0 Å². The zero-order valence-electron chi connectivity index (χ0n) is 12.2. The second kappa shape index (κ2) is 6.53. The molecule has 1 atom stereocenters. The fourth-order valence-electron chi connectivity index (χ4n) is 2.12. The monoisotopic (exact) mass is 292 g/mol. The van der Waals surface area contributed by atoms with Crippen LogP contribution in [-0.2, 0) is 11.3 Å². The molecule has 2 aromatic rings. The predicted molar refractivity (Wildman–Crippen MR) is 77.9 cm³/mol. The fraction of sp³-hybridized carbons (Fsp3) is 0.500. The van der Waals surface area contributed by atoms with Crippen molar-refractivity contribution < 1.29 is 9.90 Å². The number of aliphatic hydroxyl groups is 1. The minimum atomic E-state index is -0.577. The summed E-state index contributed by atoms with van der Waals surface area (Å²) in [6.45, 7) is 4.02. The van der Waals surface area contributed by atoms with Gasteiger partial charge in [-0.3, -0.25) is 9.20 Å². The van der Waals surface area contributed by atoms with Crippen molar-refractivity contribution in [1.29, 1.82) is 0 Å². The first-order valence-corrected chi connectivity index (χ1v) is 6.96. The van der Waals surface area contributed by atoms with Gasteiger partial charge in [0.05, 0.1) is 6.10 Å².